The predicted octanol–water partition coefficient (Wildman–Crippen LogP) is 2.90. The third-order valence-corrected chi connectivity index (χ3v) is 2.83. The Bertz CT molecular complexity index is 663. The van der Waals surface area contributed by atoms with Crippen LogP contribution in [0.5, 0.6) is 11.5 Å². The average molecular weight is 269 g/mol. The van der Waals surface area contributed by atoms with Gasteiger partial charge in [0.25, 0.3) is 0 Å². The lowest BCUT2D eigenvalue weighted by Gasteiger charge is -2.14. The van der Waals surface area contributed by atoms with Gasteiger partial charge >= 0.3 is 0 Å². The number of nitrogen functional groups attached to an aromatic ring is 1. The summed E-state index contributed by atoms with van der Waals surface area (Å²) in [6, 6.07) is 12.7. The number of hydrogen-bond acceptors (Lipinski definition) is 5. The summed E-state index contributed by atoms with van der Waals surface area (Å²) in [6.45, 7) is 0. The summed E-state index contributed by atoms with van der Waals surface area (Å²) >= 11 is 0. The lowest BCUT2D eigenvalue weighted by molar-refractivity contribution is 0.355. The predicted molar refractivity (Wildman–Crippen MR) is 78.4 cm³/mol. The molecule has 102 valence electrons. The quantitative estimate of drug-likeness (QED) is 0.834. The van der Waals surface area contributed by atoms with Crippen molar-refractivity contribution in [1.29, 1.82) is 5.26 Å². The molecule has 2 aromatic rings. The van der Waals surface area contributed by atoms with Gasteiger partial charge in [0.1, 0.15) is 0 Å². The summed E-state index contributed by atoms with van der Waals surface area (Å²) in [4.78, 5) is 0. The van der Waals surface area contributed by atoms with Crippen molar-refractivity contribution in [3.63, 3.8) is 0 Å². The number of nitrogens with two attached hydrogens (primary N) is 1. The molecule has 0 saturated heterocycles. The maximum absolute atomic E-state index is 8.89. The molecule has 0 aliphatic carbocycles. The molecule has 0 aliphatic rings. The van der Waals surface area contributed by atoms with E-state index in [-0.39, 0.29) is 0 Å². The summed E-state index contributed by atoms with van der Waals surface area (Å²) in [5.41, 5.74) is 8.56. The fraction of sp³-hybridized carbons (Fsp3) is 0.133. The van der Waals surface area contributed by atoms with Gasteiger partial charge < -0.3 is 20.5 Å². The van der Waals surface area contributed by atoms with Crippen LogP contribution in [0.15, 0.2) is 36.4 Å². The van der Waals surface area contributed by atoms with Crippen molar-refractivity contribution in [2.75, 3.05) is 25.3 Å². The zero-order chi connectivity index (χ0) is 14.5. The van der Waals surface area contributed by atoms with E-state index in [0.29, 0.717) is 28.4 Å². The molecule has 3 N–H and O–H groups in total. The highest BCUT2D eigenvalue weighted by Gasteiger charge is 2.09. The second kappa shape index (κ2) is 5.85. The van der Waals surface area contributed by atoms with Gasteiger partial charge in [-0.05, 0) is 18.2 Å². The zero-order valence-electron chi connectivity index (χ0n) is 11.3. The van der Waals surface area contributed by atoms with Crippen molar-refractivity contribution < 1.29 is 9.47 Å². The maximum Gasteiger partial charge on any atom is 0.162 e. The SMILES string of the molecule is COc1cc(N)c(Nc2cccc(C#N)c2)cc1OC. The fourth-order valence-corrected chi connectivity index (χ4v) is 1.82. The van der Waals surface area contributed by atoms with Crippen LogP contribution in [-0.4, -0.2) is 14.2 Å². The highest BCUT2D eigenvalue weighted by atomic mass is 16.5. The maximum atomic E-state index is 8.89. The third kappa shape index (κ3) is 2.75. The molecule has 0 fully saturated rings. The van der Waals surface area contributed by atoms with E-state index < -0.39 is 0 Å². The van der Waals surface area contributed by atoms with E-state index in [1.807, 2.05) is 6.07 Å². The van der Waals surface area contributed by atoms with Crippen LogP contribution in [0.4, 0.5) is 17.1 Å². The van der Waals surface area contributed by atoms with Crippen molar-refractivity contribution in [3.05, 3.63) is 42.0 Å². The number of nitrogens with one attached hydrogen (secondary N) is 1. The Morgan fingerprint density at radius 1 is 1.10 bits per heavy atom. The first-order chi connectivity index (χ1) is 9.67. The molecule has 0 radical (unpaired) electrons. The normalized spacial score (nSPS) is 9.65. The molecule has 0 aliphatic heterocycles. The van der Waals surface area contributed by atoms with Gasteiger partial charge in [0.05, 0.1) is 37.2 Å². The molecule has 2 aromatic carbocycles. The minimum atomic E-state index is 0.532. The van der Waals surface area contributed by atoms with E-state index in [1.54, 1.807) is 44.6 Å². The Hall–Kier alpha value is -2.87. The fourth-order valence-electron chi connectivity index (χ4n) is 1.82. The van der Waals surface area contributed by atoms with Gasteiger partial charge in [0, 0.05) is 17.8 Å². The molecule has 5 nitrogen and oxygen atoms in total. The van der Waals surface area contributed by atoms with E-state index in [1.165, 1.54) is 0 Å². The summed E-state index contributed by atoms with van der Waals surface area (Å²) in [7, 11) is 3.12. The minimum absolute atomic E-state index is 0.532. The number of ether oxygens (including phenoxy) is 2. The monoisotopic (exact) mass is 269 g/mol. The Morgan fingerprint density at radius 2 is 1.80 bits per heavy atom. The van der Waals surface area contributed by atoms with Crippen LogP contribution < -0.4 is 20.5 Å². The Balaban J connectivity index is 2.35. The molecule has 0 heterocycles. The topological polar surface area (TPSA) is 80.3 Å². The van der Waals surface area contributed by atoms with E-state index in [0.717, 1.165) is 5.69 Å². The molecule has 2 rings (SSSR count). The summed E-state index contributed by atoms with van der Waals surface area (Å²) < 4.78 is 10.4. The van der Waals surface area contributed by atoms with Gasteiger partial charge in [-0.25, -0.2) is 0 Å². The van der Waals surface area contributed by atoms with Crippen molar-refractivity contribution in [3.8, 4) is 17.6 Å². The lowest BCUT2D eigenvalue weighted by Crippen LogP contribution is -1.99. The summed E-state index contributed by atoms with van der Waals surface area (Å²) in [6.07, 6.45) is 0. The standard InChI is InChI=1S/C15H15N3O2/c1-19-14-7-12(17)13(8-15(14)20-2)18-11-5-3-4-10(6-11)9-16/h3-8,18H,17H2,1-2H3. The van der Waals surface area contributed by atoms with Gasteiger partial charge in [-0.15, -0.1) is 0 Å². The minimum Gasteiger partial charge on any atom is -0.493 e. The second-order valence-corrected chi connectivity index (χ2v) is 4.11. The molecule has 0 saturated carbocycles. The second-order valence-electron chi connectivity index (χ2n) is 4.11. The largest absolute Gasteiger partial charge is 0.493 e. The summed E-state index contributed by atoms with van der Waals surface area (Å²) in [5.74, 6) is 1.15. The van der Waals surface area contributed by atoms with Crippen LogP contribution in [-0.2, 0) is 0 Å². The highest BCUT2D eigenvalue weighted by molar-refractivity contribution is 5.76. The Kier molecular flexibility index (Phi) is 3.96. The zero-order valence-corrected chi connectivity index (χ0v) is 11.3. The molecule has 0 aromatic heterocycles. The van der Waals surface area contributed by atoms with Crippen LogP contribution >= 0.6 is 0 Å². The van der Waals surface area contributed by atoms with E-state index in [4.69, 9.17) is 20.5 Å². The van der Waals surface area contributed by atoms with E-state index >= 15 is 0 Å². The number of rotatable bonds is 4. The van der Waals surface area contributed by atoms with Crippen LogP contribution in [0.2, 0.25) is 0 Å². The van der Waals surface area contributed by atoms with Crippen LogP contribution in [0.25, 0.3) is 0 Å². The van der Waals surface area contributed by atoms with Crippen LogP contribution in [0.3, 0.4) is 0 Å². The summed E-state index contributed by atoms with van der Waals surface area (Å²) in [5, 5.41) is 12.1. The number of nitrogens with zero attached hydrogens (tertiary/aromatic N) is 1. The first-order valence-corrected chi connectivity index (χ1v) is 5.96. The number of benzene rings is 2. The van der Waals surface area contributed by atoms with Gasteiger partial charge in [-0.3, -0.25) is 0 Å². The average Bonchev–Trinajstić information content (AvgIpc) is 2.49. The molecule has 0 amide bonds. The highest BCUT2D eigenvalue weighted by Crippen LogP contribution is 2.36. The number of hydrogen-bond donors (Lipinski definition) is 2. The van der Waals surface area contributed by atoms with Crippen molar-refractivity contribution in [2.45, 2.75) is 0 Å². The number of anilines is 3. The Labute approximate surface area is 117 Å². The molecular weight excluding hydrogens is 254 g/mol. The first kappa shape index (κ1) is 13.6. The molecule has 0 bridgehead atoms. The number of methoxy groups -OCH3 is 2. The van der Waals surface area contributed by atoms with Crippen LogP contribution in [0.1, 0.15) is 5.56 Å². The van der Waals surface area contributed by atoms with Crippen molar-refractivity contribution in [1.82, 2.24) is 0 Å². The van der Waals surface area contributed by atoms with Crippen molar-refractivity contribution >= 4 is 17.1 Å². The Morgan fingerprint density at radius 3 is 2.45 bits per heavy atom. The first-order valence-electron chi connectivity index (χ1n) is 5.96. The van der Waals surface area contributed by atoms with E-state index in [9.17, 15) is 0 Å². The van der Waals surface area contributed by atoms with Gasteiger partial charge in [0.2, 0.25) is 0 Å². The van der Waals surface area contributed by atoms with Gasteiger partial charge in [-0.1, -0.05) is 6.07 Å². The van der Waals surface area contributed by atoms with E-state index in [2.05, 4.69) is 11.4 Å². The van der Waals surface area contributed by atoms with Gasteiger partial charge in [-0.2, -0.15) is 5.26 Å². The van der Waals surface area contributed by atoms with Crippen molar-refractivity contribution in [2.24, 2.45) is 0 Å². The molecule has 20 heavy (non-hydrogen) atoms. The third-order valence-electron chi connectivity index (χ3n) is 2.83. The lowest BCUT2D eigenvalue weighted by atomic mass is 10.2. The number of nitriles is 1. The molecule has 0 atom stereocenters. The smallest absolute Gasteiger partial charge is 0.162 e. The molecule has 0 unspecified atom stereocenters. The molecule has 0 spiro atoms. The van der Waals surface area contributed by atoms with Gasteiger partial charge in [0.15, 0.2) is 11.5 Å². The molecule has 5 heteroatoms. The van der Waals surface area contributed by atoms with Crippen LogP contribution in [0, 0.1) is 11.3 Å². The molecular formula is C15H15N3O2.